The van der Waals surface area contributed by atoms with Gasteiger partial charge in [0.05, 0.1) is 12.0 Å². The number of carbonyl (C=O) groups is 1. The Morgan fingerprint density at radius 2 is 1.71 bits per heavy atom. The molecule has 0 saturated carbocycles. The van der Waals surface area contributed by atoms with Crippen molar-refractivity contribution in [2.24, 2.45) is 0 Å². The molecule has 0 saturated heterocycles. The molecule has 0 atom stereocenters. The summed E-state index contributed by atoms with van der Waals surface area (Å²) >= 11 is 1.40. The second kappa shape index (κ2) is 7.81. The molecule has 0 fully saturated rings. The number of carbonyl (C=O) groups excluding carboxylic acids is 1. The molecule has 0 aliphatic carbocycles. The second-order valence-electron chi connectivity index (χ2n) is 6.91. The van der Waals surface area contributed by atoms with Crippen LogP contribution in [-0.2, 0) is 16.1 Å². The van der Waals surface area contributed by atoms with Crippen LogP contribution >= 0.6 is 11.3 Å². The van der Waals surface area contributed by atoms with Gasteiger partial charge >= 0.3 is 11.7 Å². The van der Waals surface area contributed by atoms with Crippen molar-refractivity contribution in [3.63, 3.8) is 0 Å². The normalized spacial score (nSPS) is 11.3. The Balaban J connectivity index is 1.83. The van der Waals surface area contributed by atoms with Gasteiger partial charge in [-0.2, -0.15) is 4.52 Å². The van der Waals surface area contributed by atoms with Gasteiger partial charge in [0.15, 0.2) is 11.5 Å². The van der Waals surface area contributed by atoms with Crippen LogP contribution in [0.4, 0.5) is 0 Å². The Morgan fingerprint density at radius 1 is 1.03 bits per heavy atom. The number of nitrogens with zero attached hydrogens (tertiary/aromatic N) is 4. The summed E-state index contributed by atoms with van der Waals surface area (Å²) in [5.41, 5.74) is 2.80. The van der Waals surface area contributed by atoms with Gasteiger partial charge in [-0.25, -0.2) is 9.78 Å². The van der Waals surface area contributed by atoms with Crippen LogP contribution in [-0.4, -0.2) is 31.7 Å². The SMILES string of the molecule is CCOC(=O)Cn1c(=O)n2nc(-c3ccccc3)nc2c2c(-c3ccccc3)csc21. The molecule has 0 aliphatic heterocycles. The van der Waals surface area contributed by atoms with Crippen LogP contribution < -0.4 is 5.69 Å². The van der Waals surface area contributed by atoms with Crippen molar-refractivity contribution in [1.29, 1.82) is 0 Å². The van der Waals surface area contributed by atoms with Crippen LogP contribution in [0.25, 0.3) is 38.4 Å². The molecule has 0 aliphatic rings. The zero-order valence-electron chi connectivity index (χ0n) is 16.7. The van der Waals surface area contributed by atoms with Crippen molar-refractivity contribution < 1.29 is 9.53 Å². The Bertz CT molecular complexity index is 1450. The van der Waals surface area contributed by atoms with E-state index in [4.69, 9.17) is 9.72 Å². The average molecular weight is 430 g/mol. The van der Waals surface area contributed by atoms with Crippen molar-refractivity contribution in [3.8, 4) is 22.5 Å². The zero-order chi connectivity index (χ0) is 21.4. The maximum atomic E-state index is 13.3. The van der Waals surface area contributed by atoms with Crippen molar-refractivity contribution in [2.45, 2.75) is 13.5 Å². The van der Waals surface area contributed by atoms with Gasteiger partial charge in [0.2, 0.25) is 0 Å². The standard InChI is InChI=1S/C23H18N4O3S/c1-2-30-18(28)13-26-22-19(17(14-31-22)15-9-5-3-6-10-15)21-24-20(25-27(21)23(26)29)16-11-7-4-8-12-16/h3-12,14H,2,13H2,1H3. The predicted molar refractivity (Wildman–Crippen MR) is 120 cm³/mol. The molecule has 154 valence electrons. The lowest BCUT2D eigenvalue weighted by atomic mass is 10.1. The van der Waals surface area contributed by atoms with Crippen LogP contribution in [0, 0.1) is 0 Å². The van der Waals surface area contributed by atoms with E-state index in [1.807, 2.05) is 66.0 Å². The number of fused-ring (bicyclic) bond motifs is 3. The van der Waals surface area contributed by atoms with Gasteiger partial charge in [-0.05, 0) is 12.5 Å². The van der Waals surface area contributed by atoms with Crippen LogP contribution in [0.3, 0.4) is 0 Å². The van der Waals surface area contributed by atoms with E-state index in [1.54, 1.807) is 6.92 Å². The molecule has 7 nitrogen and oxygen atoms in total. The lowest BCUT2D eigenvalue weighted by molar-refractivity contribution is -0.143. The molecule has 5 rings (SSSR count). The zero-order valence-corrected chi connectivity index (χ0v) is 17.5. The van der Waals surface area contributed by atoms with Crippen LogP contribution in [0.2, 0.25) is 0 Å². The Morgan fingerprint density at radius 3 is 2.39 bits per heavy atom. The summed E-state index contributed by atoms with van der Waals surface area (Å²) in [4.78, 5) is 30.9. The number of rotatable bonds is 5. The molecule has 0 bridgehead atoms. The molecule has 0 unspecified atom stereocenters. The van der Waals surface area contributed by atoms with Crippen molar-refractivity contribution in [2.75, 3.05) is 6.61 Å². The number of hydrogen-bond donors (Lipinski definition) is 0. The summed E-state index contributed by atoms with van der Waals surface area (Å²) in [5.74, 6) is -0.0126. The van der Waals surface area contributed by atoms with Crippen LogP contribution in [0.15, 0.2) is 70.8 Å². The number of thiophene rings is 1. The van der Waals surface area contributed by atoms with Gasteiger partial charge in [0, 0.05) is 16.5 Å². The topological polar surface area (TPSA) is 78.5 Å². The van der Waals surface area contributed by atoms with E-state index in [-0.39, 0.29) is 13.2 Å². The van der Waals surface area contributed by atoms with E-state index in [0.29, 0.717) is 16.3 Å². The first-order valence-electron chi connectivity index (χ1n) is 9.84. The minimum Gasteiger partial charge on any atom is -0.465 e. The molecular formula is C23H18N4O3S. The second-order valence-corrected chi connectivity index (χ2v) is 7.76. The molecule has 0 radical (unpaired) electrons. The molecule has 8 heteroatoms. The van der Waals surface area contributed by atoms with Gasteiger partial charge in [0.1, 0.15) is 11.4 Å². The van der Waals surface area contributed by atoms with Gasteiger partial charge in [-0.3, -0.25) is 9.36 Å². The molecule has 0 N–H and O–H groups in total. The summed E-state index contributed by atoms with van der Waals surface area (Å²) in [6.07, 6.45) is 0. The third-order valence-electron chi connectivity index (χ3n) is 4.97. The van der Waals surface area contributed by atoms with Crippen molar-refractivity contribution in [1.82, 2.24) is 19.2 Å². The monoisotopic (exact) mass is 430 g/mol. The average Bonchev–Trinajstić information content (AvgIpc) is 3.43. The molecular weight excluding hydrogens is 412 g/mol. The molecule has 5 aromatic rings. The van der Waals surface area contributed by atoms with E-state index in [9.17, 15) is 9.59 Å². The lowest BCUT2D eigenvalue weighted by Gasteiger charge is -2.08. The number of benzene rings is 2. The fraction of sp³-hybridized carbons (Fsp3) is 0.130. The Labute approximate surface area is 181 Å². The first-order chi connectivity index (χ1) is 15.2. The Hall–Kier alpha value is -3.78. The Kier molecular flexibility index (Phi) is 4.83. The highest BCUT2D eigenvalue weighted by molar-refractivity contribution is 7.17. The van der Waals surface area contributed by atoms with Crippen LogP contribution in [0.5, 0.6) is 0 Å². The fourth-order valence-electron chi connectivity index (χ4n) is 3.59. The largest absolute Gasteiger partial charge is 0.465 e. The first kappa shape index (κ1) is 19.2. The molecule has 0 amide bonds. The van der Waals surface area contributed by atoms with Crippen molar-refractivity contribution in [3.05, 3.63) is 76.5 Å². The smallest absolute Gasteiger partial charge is 0.352 e. The lowest BCUT2D eigenvalue weighted by Crippen LogP contribution is -2.30. The molecule has 2 aromatic carbocycles. The highest BCUT2D eigenvalue weighted by atomic mass is 32.1. The maximum Gasteiger partial charge on any atom is 0.352 e. The summed E-state index contributed by atoms with van der Waals surface area (Å²) in [6, 6.07) is 19.4. The highest BCUT2D eigenvalue weighted by Gasteiger charge is 2.22. The first-order valence-corrected chi connectivity index (χ1v) is 10.7. The predicted octanol–water partition coefficient (Wildman–Crippen LogP) is 4.00. The van der Waals surface area contributed by atoms with E-state index in [1.165, 1.54) is 20.4 Å². The minimum absolute atomic E-state index is 0.186. The van der Waals surface area contributed by atoms with Gasteiger partial charge < -0.3 is 4.74 Å². The number of hydrogen-bond acceptors (Lipinski definition) is 6. The summed E-state index contributed by atoms with van der Waals surface area (Å²) < 4.78 is 7.79. The van der Waals surface area contributed by atoms with E-state index in [0.717, 1.165) is 22.1 Å². The number of aromatic nitrogens is 4. The molecule has 3 heterocycles. The summed E-state index contributed by atoms with van der Waals surface area (Å²) in [5, 5.41) is 7.26. The third-order valence-corrected chi connectivity index (χ3v) is 5.97. The van der Waals surface area contributed by atoms with Gasteiger partial charge in [-0.15, -0.1) is 16.4 Å². The molecule has 3 aromatic heterocycles. The number of esters is 1. The minimum atomic E-state index is -0.469. The number of ether oxygens (including phenoxy) is 1. The van der Waals surface area contributed by atoms with E-state index >= 15 is 0 Å². The fourth-order valence-corrected chi connectivity index (χ4v) is 4.66. The summed E-state index contributed by atoms with van der Waals surface area (Å²) in [6.45, 7) is 1.80. The van der Waals surface area contributed by atoms with Gasteiger partial charge in [-0.1, -0.05) is 60.7 Å². The van der Waals surface area contributed by atoms with Crippen LogP contribution in [0.1, 0.15) is 6.92 Å². The van der Waals surface area contributed by atoms with Gasteiger partial charge in [0.25, 0.3) is 0 Å². The molecule has 0 spiro atoms. The third kappa shape index (κ3) is 3.30. The highest BCUT2D eigenvalue weighted by Crippen LogP contribution is 2.36. The molecule has 31 heavy (non-hydrogen) atoms. The van der Waals surface area contributed by atoms with Crippen molar-refractivity contribution >= 4 is 33.2 Å². The maximum absolute atomic E-state index is 13.3. The van der Waals surface area contributed by atoms with E-state index < -0.39 is 11.7 Å². The van der Waals surface area contributed by atoms with E-state index in [2.05, 4.69) is 5.10 Å². The quantitative estimate of drug-likeness (QED) is 0.394. The summed E-state index contributed by atoms with van der Waals surface area (Å²) in [7, 11) is 0.